The summed E-state index contributed by atoms with van der Waals surface area (Å²) in [5, 5.41) is 33.1. The number of carboxylic acid groups (broad SMARTS) is 1. The molecular formula is C39H47FN7O4S2+. The van der Waals surface area contributed by atoms with Crippen LogP contribution in [0.3, 0.4) is 0 Å². The number of carbonyl (C=O) groups is 1. The number of likely N-dealkylation sites (N-methyl/N-ethyl adjacent to an activating group) is 1. The Morgan fingerprint density at radius 3 is 2.60 bits per heavy atom. The van der Waals surface area contributed by atoms with Crippen LogP contribution in [0.2, 0.25) is 0 Å². The van der Waals surface area contributed by atoms with Crippen molar-refractivity contribution in [2.24, 2.45) is 0 Å². The van der Waals surface area contributed by atoms with Crippen LogP contribution in [0.4, 0.5) is 26.3 Å². The summed E-state index contributed by atoms with van der Waals surface area (Å²) in [4.78, 5) is 24.2. The molecule has 280 valence electrons. The summed E-state index contributed by atoms with van der Waals surface area (Å²) in [6, 6.07) is 14.5. The predicted molar refractivity (Wildman–Crippen MR) is 211 cm³/mol. The summed E-state index contributed by atoms with van der Waals surface area (Å²) in [7, 11) is 4.22. The first-order valence-electron chi connectivity index (χ1n) is 17.9. The Kier molecular flexibility index (Phi) is 14.1. The summed E-state index contributed by atoms with van der Waals surface area (Å²) in [6.07, 6.45) is 5.25. The highest BCUT2D eigenvalue weighted by atomic mass is 32.1. The van der Waals surface area contributed by atoms with Gasteiger partial charge in [-0.2, -0.15) is 0 Å². The molecule has 3 N–H and O–H groups in total. The zero-order valence-electron chi connectivity index (χ0n) is 30.7. The summed E-state index contributed by atoms with van der Waals surface area (Å²) in [5.74, 6) is 5.65. The number of aryl methyl sites for hydroxylation is 2. The van der Waals surface area contributed by atoms with Gasteiger partial charge in [0.05, 0.1) is 44.1 Å². The van der Waals surface area contributed by atoms with Crippen LogP contribution in [0.15, 0.2) is 48.5 Å². The molecule has 53 heavy (non-hydrogen) atoms. The first kappa shape index (κ1) is 39.5. The molecule has 0 atom stereocenters. The van der Waals surface area contributed by atoms with Crippen molar-refractivity contribution in [3.05, 3.63) is 76.0 Å². The number of aliphatic hydroxyl groups excluding tert-OH is 1. The Morgan fingerprint density at radius 1 is 1.04 bits per heavy atom. The van der Waals surface area contributed by atoms with E-state index in [0.29, 0.717) is 58.3 Å². The van der Waals surface area contributed by atoms with Crippen molar-refractivity contribution in [3.63, 3.8) is 0 Å². The molecule has 0 unspecified atom stereocenters. The molecule has 0 saturated carbocycles. The number of fused-ring (bicyclic) bond motifs is 1. The van der Waals surface area contributed by atoms with Gasteiger partial charge in [-0.15, -0.1) is 21.5 Å². The number of aromatic carboxylic acids is 1. The number of nitrogens with zero attached hydrogens (tertiary/aromatic N) is 6. The van der Waals surface area contributed by atoms with E-state index in [2.05, 4.69) is 51.4 Å². The Morgan fingerprint density at radius 2 is 1.87 bits per heavy atom. The molecule has 0 bridgehead atoms. The smallest absolute Gasteiger partial charge is 0.355 e. The third-order valence-electron chi connectivity index (χ3n) is 8.58. The van der Waals surface area contributed by atoms with Crippen molar-refractivity contribution in [1.82, 2.24) is 20.2 Å². The van der Waals surface area contributed by atoms with Crippen molar-refractivity contribution in [2.75, 3.05) is 57.2 Å². The molecule has 0 spiro atoms. The van der Waals surface area contributed by atoms with Gasteiger partial charge in [-0.25, -0.2) is 19.2 Å². The Bertz CT molecular complexity index is 2020. The number of nitrogens with one attached hydrogen (secondary N) is 1. The zero-order chi connectivity index (χ0) is 37.8. The number of hydrogen-bond acceptors (Lipinski definition) is 11. The molecule has 11 nitrogen and oxygen atoms in total. The molecule has 0 saturated heterocycles. The monoisotopic (exact) mass is 760 g/mol. The molecule has 3 heterocycles. The number of thiazole rings is 2. The van der Waals surface area contributed by atoms with Crippen LogP contribution in [-0.4, -0.2) is 87.8 Å². The maximum Gasteiger partial charge on any atom is 0.355 e. The molecular weight excluding hydrogens is 714 g/mol. The number of hydrogen-bond donors (Lipinski definition) is 3. The Labute approximate surface area is 318 Å². The van der Waals surface area contributed by atoms with Gasteiger partial charge in [0.1, 0.15) is 6.54 Å². The molecule has 0 radical (unpaired) electrons. The van der Waals surface area contributed by atoms with Gasteiger partial charge in [0.25, 0.3) is 0 Å². The third kappa shape index (κ3) is 11.2. The molecule has 0 fully saturated rings. The number of carboxylic acids is 1. The number of unbranched alkanes of at least 4 members (excludes halogenated alkanes) is 3. The number of aromatic nitrogens is 4. The molecule has 0 aliphatic heterocycles. The summed E-state index contributed by atoms with van der Waals surface area (Å²) in [6.45, 7) is 6.51. The van der Waals surface area contributed by atoms with Gasteiger partial charge < -0.3 is 29.6 Å². The summed E-state index contributed by atoms with van der Waals surface area (Å²) < 4.78 is 22.2. The summed E-state index contributed by atoms with van der Waals surface area (Å²) >= 11 is 2.84. The minimum Gasteiger partial charge on any atom is -0.491 e. The number of anilines is 4. The van der Waals surface area contributed by atoms with E-state index >= 15 is 0 Å². The molecule has 5 rings (SSSR count). The van der Waals surface area contributed by atoms with Gasteiger partial charge >= 0.3 is 5.97 Å². The lowest BCUT2D eigenvalue weighted by atomic mass is 10.2. The average molecular weight is 761 g/mol. The largest absolute Gasteiger partial charge is 0.491 e. The SMILES string of the molecule is CCCC#Cc1ccc(OCCCc2sc(N(CCCCC[N+](C)(C)CCO)c3cc(C)c(Nc4nc5ccccc5s4)nn3)nc2C(=O)O)c(F)c1. The van der Waals surface area contributed by atoms with Gasteiger partial charge in [0.15, 0.2) is 39.2 Å². The fraction of sp³-hybridized carbons (Fsp3) is 0.410. The van der Waals surface area contributed by atoms with Gasteiger partial charge in [-0.1, -0.05) is 42.2 Å². The lowest BCUT2D eigenvalue weighted by molar-refractivity contribution is -0.890. The quantitative estimate of drug-likeness (QED) is 0.0433. The van der Waals surface area contributed by atoms with Crippen molar-refractivity contribution in [3.8, 4) is 17.6 Å². The van der Waals surface area contributed by atoms with E-state index < -0.39 is 11.8 Å². The normalized spacial score (nSPS) is 11.4. The van der Waals surface area contributed by atoms with E-state index in [9.17, 15) is 19.4 Å². The first-order valence-corrected chi connectivity index (χ1v) is 19.5. The fourth-order valence-electron chi connectivity index (χ4n) is 5.62. The van der Waals surface area contributed by atoms with Crippen molar-refractivity contribution < 1.29 is 28.6 Å². The molecule has 0 aliphatic rings. The standard InChI is InChI=1S/C39H46FN7O4S2/c1-5-6-8-14-28-18-19-31(29(40)26-28)51-24-13-17-33-35(37(49)50)42-39(53-33)46(20-11-7-12-21-47(3,4)22-23-48)34-25-27(2)36(45-44-34)43-38-41-30-15-9-10-16-32(30)52-38/h9-10,15-16,18-19,25-26,48H,5-7,11-13,17,20-24H2,1-4H3,(H-,41,43,45,49,50)/p+1. The van der Waals surface area contributed by atoms with Gasteiger partial charge in [0.2, 0.25) is 0 Å². The Hall–Kier alpha value is -4.68. The van der Waals surface area contributed by atoms with Crippen LogP contribution in [0.25, 0.3) is 10.2 Å². The highest BCUT2D eigenvalue weighted by Crippen LogP contribution is 2.34. The fourth-order valence-corrected chi connectivity index (χ4v) is 7.62. The molecule has 2 aromatic carbocycles. The van der Waals surface area contributed by atoms with Crippen LogP contribution < -0.4 is 15.0 Å². The number of rotatable bonds is 19. The van der Waals surface area contributed by atoms with E-state index in [1.54, 1.807) is 12.1 Å². The van der Waals surface area contributed by atoms with E-state index in [1.807, 2.05) is 49.1 Å². The number of benzene rings is 2. The van der Waals surface area contributed by atoms with Crippen molar-refractivity contribution in [2.45, 2.75) is 58.8 Å². The van der Waals surface area contributed by atoms with Gasteiger partial charge in [-0.05, 0) is 87.4 Å². The van der Waals surface area contributed by atoms with E-state index in [-0.39, 0.29) is 24.7 Å². The number of halogens is 1. The number of para-hydroxylation sites is 1. The highest BCUT2D eigenvalue weighted by Gasteiger charge is 2.24. The number of aliphatic hydroxyl groups is 1. The second kappa shape index (κ2) is 18.9. The van der Waals surface area contributed by atoms with Crippen LogP contribution in [0, 0.1) is 24.6 Å². The van der Waals surface area contributed by atoms with Crippen LogP contribution in [0.1, 0.15) is 71.9 Å². The lowest BCUT2D eigenvalue weighted by Crippen LogP contribution is -2.42. The van der Waals surface area contributed by atoms with Gasteiger partial charge in [0, 0.05) is 23.4 Å². The van der Waals surface area contributed by atoms with Crippen LogP contribution >= 0.6 is 22.7 Å². The van der Waals surface area contributed by atoms with Gasteiger partial charge in [-0.3, -0.25) is 0 Å². The van der Waals surface area contributed by atoms with Crippen molar-refractivity contribution in [1.29, 1.82) is 0 Å². The molecule has 0 aliphatic carbocycles. The second-order valence-electron chi connectivity index (χ2n) is 13.4. The molecule has 0 amide bonds. The predicted octanol–water partition coefficient (Wildman–Crippen LogP) is 7.97. The lowest BCUT2D eigenvalue weighted by Gasteiger charge is -2.29. The highest BCUT2D eigenvalue weighted by molar-refractivity contribution is 7.22. The maximum atomic E-state index is 14.7. The summed E-state index contributed by atoms with van der Waals surface area (Å²) in [5.41, 5.74) is 2.34. The average Bonchev–Trinajstić information content (AvgIpc) is 3.74. The van der Waals surface area contributed by atoms with Crippen molar-refractivity contribution >= 4 is 60.8 Å². The Balaban J connectivity index is 1.31. The second-order valence-corrected chi connectivity index (χ2v) is 15.5. The van der Waals surface area contributed by atoms with Crippen LogP contribution in [-0.2, 0) is 6.42 Å². The topological polar surface area (TPSA) is 134 Å². The maximum absolute atomic E-state index is 14.7. The third-order valence-corrected chi connectivity index (χ3v) is 10.7. The molecule has 3 aromatic heterocycles. The minimum atomic E-state index is -1.12. The minimum absolute atomic E-state index is 0.0157. The molecule has 5 aromatic rings. The van der Waals surface area contributed by atoms with Crippen LogP contribution in [0.5, 0.6) is 5.75 Å². The van der Waals surface area contributed by atoms with E-state index in [0.717, 1.165) is 58.9 Å². The van der Waals surface area contributed by atoms with E-state index in [4.69, 9.17) is 4.74 Å². The molecule has 14 heteroatoms. The number of ether oxygens (including phenoxy) is 1. The first-order chi connectivity index (χ1) is 25.6. The van der Waals surface area contributed by atoms with E-state index in [1.165, 1.54) is 28.7 Å². The number of quaternary nitrogens is 1. The zero-order valence-corrected chi connectivity index (χ0v) is 32.3.